The van der Waals surface area contributed by atoms with E-state index in [1.54, 1.807) is 18.2 Å². The summed E-state index contributed by atoms with van der Waals surface area (Å²) in [7, 11) is 1.53. The Bertz CT molecular complexity index is 318. The Morgan fingerprint density at radius 1 is 1.29 bits per heavy atom. The standard InChI is InChI=1S/C11H14O3/c1-8(2)14-11-6-4-5-10(13-3)9(11)7-12/h4-8H,1-3H3. The smallest absolute Gasteiger partial charge is 0.157 e. The fourth-order valence-corrected chi connectivity index (χ4v) is 1.17. The Hall–Kier alpha value is -1.51. The molecule has 0 bridgehead atoms. The summed E-state index contributed by atoms with van der Waals surface area (Å²) in [4.78, 5) is 10.8. The van der Waals surface area contributed by atoms with Crippen molar-refractivity contribution in [3.8, 4) is 11.5 Å². The van der Waals surface area contributed by atoms with Gasteiger partial charge < -0.3 is 9.47 Å². The van der Waals surface area contributed by atoms with E-state index in [1.807, 2.05) is 13.8 Å². The van der Waals surface area contributed by atoms with Gasteiger partial charge in [-0.25, -0.2) is 0 Å². The molecule has 0 saturated heterocycles. The lowest BCUT2D eigenvalue weighted by molar-refractivity contribution is 0.111. The van der Waals surface area contributed by atoms with E-state index in [-0.39, 0.29) is 6.10 Å². The number of aldehydes is 1. The summed E-state index contributed by atoms with van der Waals surface area (Å²) in [5, 5.41) is 0. The van der Waals surface area contributed by atoms with Crippen LogP contribution in [-0.2, 0) is 0 Å². The van der Waals surface area contributed by atoms with Crippen molar-refractivity contribution >= 4 is 6.29 Å². The van der Waals surface area contributed by atoms with Crippen LogP contribution in [-0.4, -0.2) is 19.5 Å². The first-order valence-electron chi connectivity index (χ1n) is 4.48. The van der Waals surface area contributed by atoms with E-state index < -0.39 is 0 Å². The van der Waals surface area contributed by atoms with Crippen molar-refractivity contribution in [2.75, 3.05) is 7.11 Å². The van der Waals surface area contributed by atoms with E-state index in [0.29, 0.717) is 17.1 Å². The molecule has 0 atom stereocenters. The number of hydrogen-bond donors (Lipinski definition) is 0. The normalized spacial score (nSPS) is 10.0. The van der Waals surface area contributed by atoms with Gasteiger partial charge in [0.05, 0.1) is 18.8 Å². The first-order chi connectivity index (χ1) is 6.69. The largest absolute Gasteiger partial charge is 0.496 e. The number of methoxy groups -OCH3 is 1. The van der Waals surface area contributed by atoms with Gasteiger partial charge in [0.15, 0.2) is 6.29 Å². The third-order valence-electron chi connectivity index (χ3n) is 1.73. The number of hydrogen-bond acceptors (Lipinski definition) is 3. The number of rotatable bonds is 4. The van der Waals surface area contributed by atoms with Crippen LogP contribution in [0.5, 0.6) is 11.5 Å². The van der Waals surface area contributed by atoms with E-state index in [9.17, 15) is 4.79 Å². The van der Waals surface area contributed by atoms with Crippen LogP contribution in [0, 0.1) is 0 Å². The molecule has 0 heterocycles. The monoisotopic (exact) mass is 194 g/mol. The van der Waals surface area contributed by atoms with Crippen LogP contribution in [0.2, 0.25) is 0 Å². The molecule has 1 aromatic rings. The van der Waals surface area contributed by atoms with Crippen molar-refractivity contribution in [3.05, 3.63) is 23.8 Å². The molecule has 0 amide bonds. The van der Waals surface area contributed by atoms with Crippen LogP contribution in [0.15, 0.2) is 18.2 Å². The van der Waals surface area contributed by atoms with Crippen molar-refractivity contribution in [1.29, 1.82) is 0 Å². The molecule has 76 valence electrons. The molecule has 1 rings (SSSR count). The van der Waals surface area contributed by atoms with E-state index in [1.165, 1.54) is 7.11 Å². The molecule has 0 aliphatic heterocycles. The molecular formula is C11H14O3. The first-order valence-corrected chi connectivity index (χ1v) is 4.48. The molecule has 3 nitrogen and oxygen atoms in total. The van der Waals surface area contributed by atoms with Crippen molar-refractivity contribution < 1.29 is 14.3 Å². The van der Waals surface area contributed by atoms with Gasteiger partial charge in [-0.3, -0.25) is 4.79 Å². The van der Waals surface area contributed by atoms with Gasteiger partial charge in [-0.2, -0.15) is 0 Å². The highest BCUT2D eigenvalue weighted by atomic mass is 16.5. The zero-order chi connectivity index (χ0) is 10.6. The van der Waals surface area contributed by atoms with Gasteiger partial charge in [0.2, 0.25) is 0 Å². The summed E-state index contributed by atoms with van der Waals surface area (Å²) in [6.45, 7) is 3.82. The van der Waals surface area contributed by atoms with Gasteiger partial charge in [0.1, 0.15) is 11.5 Å². The van der Waals surface area contributed by atoms with Crippen LogP contribution >= 0.6 is 0 Å². The quantitative estimate of drug-likeness (QED) is 0.690. The first kappa shape index (κ1) is 10.6. The maximum atomic E-state index is 10.8. The topological polar surface area (TPSA) is 35.5 Å². The molecule has 0 unspecified atom stereocenters. The zero-order valence-corrected chi connectivity index (χ0v) is 8.61. The lowest BCUT2D eigenvalue weighted by Crippen LogP contribution is -2.07. The van der Waals surface area contributed by atoms with Crippen molar-refractivity contribution in [1.82, 2.24) is 0 Å². The molecule has 1 aromatic carbocycles. The second-order valence-corrected chi connectivity index (χ2v) is 3.16. The number of ether oxygens (including phenoxy) is 2. The average molecular weight is 194 g/mol. The molecule has 0 aliphatic carbocycles. The van der Waals surface area contributed by atoms with Gasteiger partial charge in [-0.15, -0.1) is 0 Å². The molecule has 3 heteroatoms. The highest BCUT2D eigenvalue weighted by Gasteiger charge is 2.09. The molecule has 0 fully saturated rings. The minimum absolute atomic E-state index is 0.0424. The minimum atomic E-state index is 0.0424. The fourth-order valence-electron chi connectivity index (χ4n) is 1.17. The predicted octanol–water partition coefficient (Wildman–Crippen LogP) is 2.29. The molecule has 0 radical (unpaired) electrons. The van der Waals surface area contributed by atoms with E-state index >= 15 is 0 Å². The molecule has 0 aromatic heterocycles. The molecular weight excluding hydrogens is 180 g/mol. The molecule has 14 heavy (non-hydrogen) atoms. The molecule has 0 saturated carbocycles. The second-order valence-electron chi connectivity index (χ2n) is 3.16. The maximum Gasteiger partial charge on any atom is 0.157 e. The van der Waals surface area contributed by atoms with Gasteiger partial charge in [0.25, 0.3) is 0 Å². The van der Waals surface area contributed by atoms with Crippen LogP contribution in [0.25, 0.3) is 0 Å². The van der Waals surface area contributed by atoms with Gasteiger partial charge in [0, 0.05) is 0 Å². The zero-order valence-electron chi connectivity index (χ0n) is 8.61. The third-order valence-corrected chi connectivity index (χ3v) is 1.73. The Morgan fingerprint density at radius 3 is 2.43 bits per heavy atom. The summed E-state index contributed by atoms with van der Waals surface area (Å²) in [5.41, 5.74) is 0.462. The number of benzene rings is 1. The summed E-state index contributed by atoms with van der Waals surface area (Å²) in [6.07, 6.45) is 0.789. The average Bonchev–Trinajstić information content (AvgIpc) is 2.16. The van der Waals surface area contributed by atoms with Crippen LogP contribution < -0.4 is 9.47 Å². The second kappa shape index (κ2) is 4.65. The Balaban J connectivity index is 3.08. The van der Waals surface area contributed by atoms with Gasteiger partial charge >= 0.3 is 0 Å². The molecule has 0 aliphatic rings. The van der Waals surface area contributed by atoms with Gasteiger partial charge in [-0.1, -0.05) is 6.07 Å². The van der Waals surface area contributed by atoms with Crippen molar-refractivity contribution in [3.63, 3.8) is 0 Å². The molecule has 0 N–H and O–H groups in total. The highest BCUT2D eigenvalue weighted by molar-refractivity contribution is 5.83. The highest BCUT2D eigenvalue weighted by Crippen LogP contribution is 2.26. The Morgan fingerprint density at radius 2 is 1.93 bits per heavy atom. The molecule has 0 spiro atoms. The summed E-state index contributed by atoms with van der Waals surface area (Å²) in [6, 6.07) is 5.28. The van der Waals surface area contributed by atoms with Gasteiger partial charge in [-0.05, 0) is 26.0 Å². The van der Waals surface area contributed by atoms with E-state index in [4.69, 9.17) is 9.47 Å². The van der Waals surface area contributed by atoms with Crippen molar-refractivity contribution in [2.24, 2.45) is 0 Å². The van der Waals surface area contributed by atoms with E-state index in [2.05, 4.69) is 0 Å². The Labute approximate surface area is 83.6 Å². The SMILES string of the molecule is COc1cccc(OC(C)C)c1C=O. The minimum Gasteiger partial charge on any atom is -0.496 e. The fraction of sp³-hybridized carbons (Fsp3) is 0.364. The summed E-state index contributed by atoms with van der Waals surface area (Å²) >= 11 is 0. The van der Waals surface area contributed by atoms with Crippen molar-refractivity contribution in [2.45, 2.75) is 20.0 Å². The predicted molar refractivity (Wildman–Crippen MR) is 54.1 cm³/mol. The number of carbonyl (C=O) groups is 1. The lowest BCUT2D eigenvalue weighted by atomic mass is 10.2. The summed E-state index contributed by atoms with van der Waals surface area (Å²) in [5.74, 6) is 1.10. The number of carbonyl (C=O) groups excluding carboxylic acids is 1. The van der Waals surface area contributed by atoms with Crippen LogP contribution in [0.1, 0.15) is 24.2 Å². The van der Waals surface area contributed by atoms with Crippen LogP contribution in [0.4, 0.5) is 0 Å². The lowest BCUT2D eigenvalue weighted by Gasteiger charge is -2.13. The summed E-state index contributed by atoms with van der Waals surface area (Å²) < 4.78 is 10.5. The third kappa shape index (κ3) is 2.25. The Kier molecular flexibility index (Phi) is 3.51. The maximum absolute atomic E-state index is 10.8. The van der Waals surface area contributed by atoms with E-state index in [0.717, 1.165) is 6.29 Å². The van der Waals surface area contributed by atoms with Crippen LogP contribution in [0.3, 0.4) is 0 Å².